The normalized spacial score (nSPS) is 11.8. The van der Waals surface area contributed by atoms with E-state index in [1.807, 2.05) is 0 Å². The van der Waals surface area contributed by atoms with Gasteiger partial charge < -0.3 is 0 Å². The van der Waals surface area contributed by atoms with Crippen molar-refractivity contribution in [2.75, 3.05) is 0 Å². The van der Waals surface area contributed by atoms with E-state index >= 15 is 0 Å². The quantitative estimate of drug-likeness (QED) is 0.206. The van der Waals surface area contributed by atoms with Crippen LogP contribution in [0, 0.1) is 0 Å². The Balaban J connectivity index is 1.24. The molecule has 0 bridgehead atoms. The van der Waals surface area contributed by atoms with Crippen molar-refractivity contribution in [1.82, 2.24) is 9.55 Å². The van der Waals surface area contributed by atoms with Gasteiger partial charge in [-0.05, 0) is 95.7 Å². The molecule has 53 heavy (non-hydrogen) atoms. The first-order valence-corrected chi connectivity index (χ1v) is 18.6. The lowest BCUT2D eigenvalue weighted by Crippen LogP contribution is -2.45. The number of nitrogens with zero attached hydrogens (tertiary/aromatic N) is 2. The number of fused-ring (bicyclic) bond motifs is 2. The number of imidazole rings is 1. The fraction of sp³-hybridized carbons (Fsp3) is 0. The van der Waals surface area contributed by atoms with E-state index in [1.165, 1.54) is 104 Å². The largest absolute Gasteiger partial charge is 0.292 e. The van der Waals surface area contributed by atoms with Crippen LogP contribution in [0.3, 0.4) is 0 Å². The van der Waals surface area contributed by atoms with Gasteiger partial charge in [-0.25, -0.2) is 4.98 Å². The van der Waals surface area contributed by atoms with Crippen LogP contribution in [0.5, 0.6) is 0 Å². The number of rotatable bonds is 4. The van der Waals surface area contributed by atoms with Gasteiger partial charge in [-0.3, -0.25) is 4.57 Å². The van der Waals surface area contributed by atoms with E-state index in [0.29, 0.717) is 0 Å². The van der Waals surface area contributed by atoms with Crippen molar-refractivity contribution in [2.45, 2.75) is 0 Å². The number of aromatic nitrogens is 2. The average molecular weight is 668 g/mol. The van der Waals surface area contributed by atoms with Crippen molar-refractivity contribution in [1.29, 1.82) is 0 Å². The smallest absolute Gasteiger partial charge is 0.144 e. The molecule has 8 heteroatoms. The first kappa shape index (κ1) is 31.8. The SMILES string of the molecule is Bc1c(B)c(-c2nc3ccccc3n2-c2ccccc2)c(B)c(B)c1-c1cc(B)c2ccc3c(-c4ccc5ccccc5c4)cc(B)c4ccc1c2c43. The first-order chi connectivity index (χ1) is 25.8. The van der Waals surface area contributed by atoms with Crippen molar-refractivity contribution in [3.63, 3.8) is 0 Å². The Hall–Kier alpha value is -5.86. The standard InChI is InChI=1S/C45H34B6N2/c46-33-21-31(25-15-14-23-8-4-5-9-24(23)20-25)27-16-18-30-34(47)22-32(28-17-19-29(33)37(27)38(28)30)39-41(48)43(50)40(44(51)42(39)49)45-52-35-12-6-7-13-36(35)53(45)26-10-2-1-3-11-26/h1-22H,46-51H2. The minimum atomic E-state index is 0.994. The van der Waals surface area contributed by atoms with Gasteiger partial charge in [-0.15, -0.1) is 0 Å². The van der Waals surface area contributed by atoms with Gasteiger partial charge in [0.15, 0.2) is 0 Å². The van der Waals surface area contributed by atoms with E-state index in [1.54, 1.807) is 0 Å². The molecule has 0 N–H and O–H groups in total. The zero-order valence-electron chi connectivity index (χ0n) is 31.1. The molecule has 0 saturated carbocycles. The van der Waals surface area contributed by atoms with Crippen LogP contribution in [0.15, 0.2) is 133 Å². The summed E-state index contributed by atoms with van der Waals surface area (Å²) in [7, 11) is 13.8. The predicted octanol–water partition coefficient (Wildman–Crippen LogP) is 1.63. The molecular formula is C45H34B6N2. The number of hydrogen-bond donors (Lipinski definition) is 0. The molecule has 0 unspecified atom stereocenters. The maximum absolute atomic E-state index is 5.31. The van der Waals surface area contributed by atoms with Crippen molar-refractivity contribution in [3.05, 3.63) is 133 Å². The van der Waals surface area contributed by atoms with Crippen LogP contribution in [-0.2, 0) is 0 Å². The second kappa shape index (κ2) is 11.8. The summed E-state index contributed by atoms with van der Waals surface area (Å²) in [4.78, 5) is 5.31. The summed E-state index contributed by atoms with van der Waals surface area (Å²) in [5, 5.41) is 10.6. The number of benzene rings is 9. The molecule has 0 radical (unpaired) electrons. The molecule has 10 rings (SSSR count). The van der Waals surface area contributed by atoms with Gasteiger partial charge >= 0.3 is 0 Å². The van der Waals surface area contributed by atoms with Crippen LogP contribution in [0.1, 0.15) is 0 Å². The van der Waals surface area contributed by atoms with Gasteiger partial charge in [0, 0.05) is 11.3 Å². The summed E-state index contributed by atoms with van der Waals surface area (Å²) in [6, 6.07) is 49.0. The molecule has 0 saturated heterocycles. The van der Waals surface area contributed by atoms with Gasteiger partial charge in [-0.1, -0.05) is 136 Å². The third-order valence-electron chi connectivity index (χ3n) is 12.1. The third kappa shape index (κ3) is 4.64. The van der Waals surface area contributed by atoms with E-state index in [-0.39, 0.29) is 0 Å². The highest BCUT2D eigenvalue weighted by atomic mass is 15.1. The molecule has 1 heterocycles. The van der Waals surface area contributed by atoms with Gasteiger partial charge in [0.2, 0.25) is 0 Å². The maximum Gasteiger partial charge on any atom is 0.144 e. The minimum absolute atomic E-state index is 0.994. The molecule has 1 aromatic heterocycles. The van der Waals surface area contributed by atoms with E-state index in [4.69, 9.17) is 4.98 Å². The lowest BCUT2D eigenvalue weighted by Gasteiger charge is -2.25. The zero-order valence-corrected chi connectivity index (χ0v) is 31.1. The van der Waals surface area contributed by atoms with Crippen molar-refractivity contribution in [3.8, 4) is 39.3 Å². The molecular weight excluding hydrogens is 633 g/mol. The fourth-order valence-electron chi connectivity index (χ4n) is 9.23. The molecule has 10 aromatic rings. The summed E-state index contributed by atoms with van der Waals surface area (Å²) in [6.45, 7) is 0. The van der Waals surface area contributed by atoms with Crippen molar-refractivity contribution in [2.24, 2.45) is 0 Å². The fourth-order valence-corrected chi connectivity index (χ4v) is 9.23. The van der Waals surface area contributed by atoms with E-state index in [9.17, 15) is 0 Å². The van der Waals surface area contributed by atoms with Crippen molar-refractivity contribution >= 4 is 134 Å². The summed E-state index contributed by atoms with van der Waals surface area (Å²) in [6.07, 6.45) is 0. The monoisotopic (exact) mass is 668 g/mol. The van der Waals surface area contributed by atoms with Crippen LogP contribution >= 0.6 is 0 Å². The Kier molecular flexibility index (Phi) is 7.11. The van der Waals surface area contributed by atoms with Crippen LogP contribution < -0.4 is 32.8 Å². The number of hydrogen-bond acceptors (Lipinski definition) is 1. The van der Waals surface area contributed by atoms with E-state index < -0.39 is 0 Å². The van der Waals surface area contributed by atoms with Crippen molar-refractivity contribution < 1.29 is 0 Å². The molecule has 0 aliphatic heterocycles. The maximum atomic E-state index is 5.31. The topological polar surface area (TPSA) is 17.8 Å². The lowest BCUT2D eigenvalue weighted by molar-refractivity contribution is 1.11. The molecule has 0 atom stereocenters. The highest BCUT2D eigenvalue weighted by molar-refractivity contribution is 6.63. The molecule has 0 amide bonds. The van der Waals surface area contributed by atoms with Crippen LogP contribution in [0.25, 0.3) is 93.5 Å². The second-order valence-electron chi connectivity index (χ2n) is 15.0. The lowest BCUT2D eigenvalue weighted by atomic mass is 9.62. The summed E-state index contributed by atoms with van der Waals surface area (Å²) in [5.74, 6) is 0.994. The molecule has 9 aromatic carbocycles. The highest BCUT2D eigenvalue weighted by Gasteiger charge is 2.24. The predicted molar refractivity (Wildman–Crippen MR) is 248 cm³/mol. The Morgan fingerprint density at radius 1 is 0.434 bits per heavy atom. The minimum Gasteiger partial charge on any atom is -0.292 e. The molecule has 0 spiro atoms. The molecule has 0 aliphatic rings. The highest BCUT2D eigenvalue weighted by Crippen LogP contribution is 2.41. The van der Waals surface area contributed by atoms with Crippen LogP contribution in [0.2, 0.25) is 0 Å². The summed E-state index contributed by atoms with van der Waals surface area (Å²) < 4.78 is 2.33. The average Bonchev–Trinajstić information content (AvgIpc) is 3.57. The summed E-state index contributed by atoms with van der Waals surface area (Å²) in [5.41, 5.74) is 17.4. The zero-order chi connectivity index (χ0) is 36.1. The molecule has 0 fully saturated rings. The van der Waals surface area contributed by atoms with E-state index in [2.05, 4.69) is 185 Å². The number of para-hydroxylation sites is 3. The molecule has 242 valence electrons. The molecule has 0 aliphatic carbocycles. The Morgan fingerprint density at radius 3 is 1.68 bits per heavy atom. The van der Waals surface area contributed by atoms with Crippen LogP contribution in [0.4, 0.5) is 0 Å². The third-order valence-corrected chi connectivity index (χ3v) is 12.1. The first-order valence-electron chi connectivity index (χ1n) is 18.6. The Bertz CT molecular complexity index is 3100. The van der Waals surface area contributed by atoms with Gasteiger partial charge in [0.25, 0.3) is 0 Å². The van der Waals surface area contributed by atoms with Gasteiger partial charge in [0.05, 0.1) is 11.0 Å². The van der Waals surface area contributed by atoms with Crippen LogP contribution in [-0.4, -0.2) is 56.6 Å². The van der Waals surface area contributed by atoms with Gasteiger partial charge in [0.1, 0.15) is 52.9 Å². The Labute approximate surface area is 315 Å². The second-order valence-corrected chi connectivity index (χ2v) is 15.0. The Morgan fingerprint density at radius 2 is 0.981 bits per heavy atom. The van der Waals surface area contributed by atoms with E-state index in [0.717, 1.165) is 22.5 Å². The summed E-state index contributed by atoms with van der Waals surface area (Å²) >= 11 is 0. The molecule has 2 nitrogen and oxygen atoms in total. The van der Waals surface area contributed by atoms with Gasteiger partial charge in [-0.2, -0.15) is 0 Å².